The maximum atomic E-state index is 11.1. The third kappa shape index (κ3) is 3.49. The Bertz CT molecular complexity index is 609. The highest BCUT2D eigenvalue weighted by molar-refractivity contribution is 5.76. The number of carbonyl (C=O) groups is 1. The van der Waals surface area contributed by atoms with E-state index in [-0.39, 0.29) is 5.91 Å². The fourth-order valence-corrected chi connectivity index (χ4v) is 2.37. The van der Waals surface area contributed by atoms with E-state index in [2.05, 4.69) is 22.5 Å². The number of benzene rings is 1. The van der Waals surface area contributed by atoms with Gasteiger partial charge < -0.3 is 15.1 Å². The quantitative estimate of drug-likeness (QED) is 0.902. The van der Waals surface area contributed by atoms with Crippen molar-refractivity contribution in [1.29, 1.82) is 0 Å². The van der Waals surface area contributed by atoms with E-state index in [1.54, 1.807) is 6.26 Å². The molecular formula is C16H19N3O2. The molecule has 0 spiro atoms. The van der Waals surface area contributed by atoms with E-state index in [1.165, 1.54) is 5.56 Å². The van der Waals surface area contributed by atoms with Gasteiger partial charge >= 0.3 is 0 Å². The van der Waals surface area contributed by atoms with Gasteiger partial charge in [0.15, 0.2) is 0 Å². The van der Waals surface area contributed by atoms with Crippen LogP contribution in [0.5, 0.6) is 0 Å². The van der Waals surface area contributed by atoms with E-state index in [0.717, 1.165) is 17.7 Å². The first-order valence-electron chi connectivity index (χ1n) is 7.22. The second kappa shape index (κ2) is 6.10. The molecule has 2 aromatic rings. The summed E-state index contributed by atoms with van der Waals surface area (Å²) >= 11 is 0. The minimum Gasteiger partial charge on any atom is -0.444 e. The average molecular weight is 285 g/mol. The van der Waals surface area contributed by atoms with Crippen molar-refractivity contribution in [3.63, 3.8) is 0 Å². The standard InChI is InChI=1S/C16H19N3O2/c1-11-2-4-12(5-3-11)16-19-14(10-21-16)9-17-13-6-7-15(20)18-8-13/h2-5,10,13,17H,6-9H2,1H3,(H,18,20)/t13-/m1/s1. The lowest BCUT2D eigenvalue weighted by Gasteiger charge is -2.22. The molecule has 21 heavy (non-hydrogen) atoms. The van der Waals surface area contributed by atoms with Gasteiger partial charge in [-0.2, -0.15) is 0 Å². The van der Waals surface area contributed by atoms with Crippen LogP contribution in [0.3, 0.4) is 0 Å². The number of rotatable bonds is 4. The summed E-state index contributed by atoms with van der Waals surface area (Å²) in [7, 11) is 0. The molecule has 0 radical (unpaired) electrons. The number of carbonyl (C=O) groups excluding carboxylic acids is 1. The molecule has 1 fully saturated rings. The fourth-order valence-electron chi connectivity index (χ4n) is 2.37. The Morgan fingerprint density at radius 2 is 2.19 bits per heavy atom. The molecule has 1 amide bonds. The van der Waals surface area contributed by atoms with Crippen LogP contribution >= 0.6 is 0 Å². The Hall–Kier alpha value is -2.14. The Balaban J connectivity index is 1.58. The number of amides is 1. The molecule has 1 aliphatic rings. The van der Waals surface area contributed by atoms with Crippen LogP contribution in [-0.4, -0.2) is 23.5 Å². The van der Waals surface area contributed by atoms with Crippen molar-refractivity contribution in [2.45, 2.75) is 32.4 Å². The van der Waals surface area contributed by atoms with Crippen LogP contribution < -0.4 is 10.6 Å². The lowest BCUT2D eigenvalue weighted by molar-refractivity contribution is -0.122. The predicted octanol–water partition coefficient (Wildman–Crippen LogP) is 2.02. The Morgan fingerprint density at radius 3 is 2.90 bits per heavy atom. The SMILES string of the molecule is Cc1ccc(-c2nc(CN[C@@H]3CCC(=O)NC3)co2)cc1. The number of nitrogens with zero attached hydrogens (tertiary/aromatic N) is 1. The van der Waals surface area contributed by atoms with Crippen LogP contribution in [0.4, 0.5) is 0 Å². The van der Waals surface area contributed by atoms with Gasteiger partial charge in [-0.3, -0.25) is 4.79 Å². The molecule has 1 atom stereocenters. The number of nitrogens with one attached hydrogen (secondary N) is 2. The first kappa shape index (κ1) is 13.8. The topological polar surface area (TPSA) is 67.2 Å². The lowest BCUT2D eigenvalue weighted by atomic mass is 10.1. The van der Waals surface area contributed by atoms with Gasteiger partial charge in [-0.15, -0.1) is 0 Å². The van der Waals surface area contributed by atoms with E-state index in [4.69, 9.17) is 4.42 Å². The summed E-state index contributed by atoms with van der Waals surface area (Å²) < 4.78 is 5.53. The van der Waals surface area contributed by atoms with Crippen LogP contribution in [0.15, 0.2) is 34.9 Å². The zero-order valence-electron chi connectivity index (χ0n) is 12.1. The average Bonchev–Trinajstić information content (AvgIpc) is 2.96. The van der Waals surface area contributed by atoms with Gasteiger partial charge in [0.25, 0.3) is 0 Å². The van der Waals surface area contributed by atoms with E-state index in [0.29, 0.717) is 31.4 Å². The highest BCUT2D eigenvalue weighted by atomic mass is 16.3. The summed E-state index contributed by atoms with van der Waals surface area (Å²) in [6.07, 6.45) is 3.14. The van der Waals surface area contributed by atoms with Crippen LogP contribution in [0.2, 0.25) is 0 Å². The molecule has 0 saturated carbocycles. The second-order valence-electron chi connectivity index (χ2n) is 5.43. The Kier molecular flexibility index (Phi) is 4.01. The highest BCUT2D eigenvalue weighted by Crippen LogP contribution is 2.19. The van der Waals surface area contributed by atoms with Crippen molar-refractivity contribution in [3.8, 4) is 11.5 Å². The largest absolute Gasteiger partial charge is 0.444 e. The smallest absolute Gasteiger partial charge is 0.226 e. The van der Waals surface area contributed by atoms with Crippen molar-refractivity contribution in [1.82, 2.24) is 15.6 Å². The first-order chi connectivity index (χ1) is 10.2. The van der Waals surface area contributed by atoms with Crippen molar-refractivity contribution in [3.05, 3.63) is 41.8 Å². The summed E-state index contributed by atoms with van der Waals surface area (Å²) in [5.41, 5.74) is 3.07. The van der Waals surface area contributed by atoms with Gasteiger partial charge in [-0.1, -0.05) is 17.7 Å². The third-order valence-electron chi connectivity index (χ3n) is 3.69. The van der Waals surface area contributed by atoms with Gasteiger partial charge in [-0.05, 0) is 25.5 Å². The molecule has 0 bridgehead atoms. The van der Waals surface area contributed by atoms with E-state index in [9.17, 15) is 4.79 Å². The van der Waals surface area contributed by atoms with E-state index in [1.807, 2.05) is 24.3 Å². The molecule has 5 nitrogen and oxygen atoms in total. The van der Waals surface area contributed by atoms with Crippen molar-refractivity contribution < 1.29 is 9.21 Å². The molecule has 2 heterocycles. The lowest BCUT2D eigenvalue weighted by Crippen LogP contribution is -2.45. The molecule has 5 heteroatoms. The molecule has 1 aliphatic heterocycles. The van der Waals surface area contributed by atoms with E-state index < -0.39 is 0 Å². The highest BCUT2D eigenvalue weighted by Gasteiger charge is 2.17. The normalized spacial score (nSPS) is 18.5. The third-order valence-corrected chi connectivity index (χ3v) is 3.69. The van der Waals surface area contributed by atoms with Crippen molar-refractivity contribution in [2.75, 3.05) is 6.54 Å². The van der Waals surface area contributed by atoms with Crippen LogP contribution in [0, 0.1) is 6.92 Å². The summed E-state index contributed by atoms with van der Waals surface area (Å²) in [6.45, 7) is 3.38. The Labute approximate surface area is 123 Å². The molecule has 1 aromatic carbocycles. The molecule has 0 aliphatic carbocycles. The van der Waals surface area contributed by atoms with Gasteiger partial charge in [0, 0.05) is 31.1 Å². The number of piperidine rings is 1. The van der Waals surface area contributed by atoms with E-state index >= 15 is 0 Å². The summed E-state index contributed by atoms with van der Waals surface area (Å²) in [6, 6.07) is 8.41. The number of hydrogen-bond acceptors (Lipinski definition) is 4. The Morgan fingerprint density at radius 1 is 1.38 bits per heavy atom. The van der Waals surface area contributed by atoms with Crippen LogP contribution in [0.1, 0.15) is 24.1 Å². The van der Waals surface area contributed by atoms with Gasteiger partial charge in [0.2, 0.25) is 11.8 Å². The van der Waals surface area contributed by atoms with Crippen LogP contribution in [-0.2, 0) is 11.3 Å². The maximum absolute atomic E-state index is 11.1. The molecule has 110 valence electrons. The minimum absolute atomic E-state index is 0.135. The molecule has 1 aromatic heterocycles. The monoisotopic (exact) mass is 285 g/mol. The number of aromatic nitrogens is 1. The molecule has 3 rings (SSSR count). The fraction of sp³-hybridized carbons (Fsp3) is 0.375. The zero-order valence-corrected chi connectivity index (χ0v) is 12.1. The maximum Gasteiger partial charge on any atom is 0.226 e. The number of oxazole rings is 1. The molecular weight excluding hydrogens is 266 g/mol. The molecule has 0 unspecified atom stereocenters. The molecule has 1 saturated heterocycles. The van der Waals surface area contributed by atoms with Gasteiger partial charge in [-0.25, -0.2) is 4.98 Å². The first-order valence-corrected chi connectivity index (χ1v) is 7.22. The number of hydrogen-bond donors (Lipinski definition) is 2. The zero-order chi connectivity index (χ0) is 14.7. The second-order valence-corrected chi connectivity index (χ2v) is 5.43. The van der Waals surface area contributed by atoms with Crippen molar-refractivity contribution in [2.24, 2.45) is 0 Å². The molecule has 2 N–H and O–H groups in total. The van der Waals surface area contributed by atoms with Crippen LogP contribution in [0.25, 0.3) is 11.5 Å². The predicted molar refractivity (Wildman–Crippen MR) is 79.5 cm³/mol. The van der Waals surface area contributed by atoms with Gasteiger partial charge in [0.05, 0.1) is 5.69 Å². The van der Waals surface area contributed by atoms with Gasteiger partial charge in [0.1, 0.15) is 6.26 Å². The number of aryl methyl sites for hydroxylation is 1. The summed E-state index contributed by atoms with van der Waals surface area (Å²) in [5.74, 6) is 0.778. The summed E-state index contributed by atoms with van der Waals surface area (Å²) in [5, 5.41) is 6.25. The van der Waals surface area contributed by atoms with Crippen molar-refractivity contribution >= 4 is 5.91 Å². The summed E-state index contributed by atoms with van der Waals surface area (Å²) in [4.78, 5) is 15.6. The minimum atomic E-state index is 0.135.